The van der Waals surface area contributed by atoms with E-state index in [1.807, 2.05) is 41.5 Å². The summed E-state index contributed by atoms with van der Waals surface area (Å²) in [4.78, 5) is 11.3. The highest BCUT2D eigenvalue weighted by atomic mass is 16.6. The summed E-state index contributed by atoms with van der Waals surface area (Å²) < 4.78 is 5.19. The molecule has 0 unspecified atom stereocenters. The molecule has 2 heteroatoms. The Labute approximate surface area is 81.0 Å². The van der Waals surface area contributed by atoms with Crippen LogP contribution in [0.15, 0.2) is 11.1 Å². The van der Waals surface area contributed by atoms with Crippen molar-refractivity contribution in [1.29, 1.82) is 0 Å². The average molecular weight is 184 g/mol. The first-order valence-corrected chi connectivity index (χ1v) is 4.57. The molecule has 0 saturated heterocycles. The molecule has 0 aromatic rings. The predicted octanol–water partition coefficient (Wildman–Crippen LogP) is 3.07. The van der Waals surface area contributed by atoms with Crippen LogP contribution in [0.5, 0.6) is 0 Å². The van der Waals surface area contributed by atoms with Gasteiger partial charge < -0.3 is 4.74 Å². The number of carbonyl (C=O) groups excluding carboxylic acids is 1. The fourth-order valence-electron chi connectivity index (χ4n) is 0.771. The molecule has 13 heavy (non-hydrogen) atoms. The van der Waals surface area contributed by atoms with Crippen LogP contribution in [-0.2, 0) is 9.53 Å². The molecule has 0 N–H and O–H groups in total. The number of rotatable bonds is 2. The molecule has 0 atom stereocenters. The Morgan fingerprint density at radius 2 is 1.62 bits per heavy atom. The minimum atomic E-state index is -0.376. The van der Waals surface area contributed by atoms with Crippen molar-refractivity contribution in [2.75, 3.05) is 0 Å². The average Bonchev–Trinajstić information content (AvgIpc) is 1.81. The van der Waals surface area contributed by atoms with E-state index in [9.17, 15) is 4.79 Å². The highest BCUT2D eigenvalue weighted by Gasteiger charge is 2.16. The lowest BCUT2D eigenvalue weighted by Crippen LogP contribution is -2.23. The van der Waals surface area contributed by atoms with Crippen LogP contribution < -0.4 is 0 Å². The lowest BCUT2D eigenvalue weighted by molar-refractivity contribution is -0.153. The van der Waals surface area contributed by atoms with Crippen LogP contribution >= 0.6 is 0 Å². The van der Waals surface area contributed by atoms with E-state index in [2.05, 4.69) is 0 Å². The van der Waals surface area contributed by atoms with E-state index in [1.165, 1.54) is 5.57 Å². The zero-order valence-corrected chi connectivity index (χ0v) is 9.52. The largest absolute Gasteiger partial charge is 0.460 e. The second-order valence-corrected chi connectivity index (χ2v) is 4.54. The number of allylic oxidation sites excluding steroid dienone is 1. The summed E-state index contributed by atoms with van der Waals surface area (Å²) in [6.07, 6.45) is 0.402. The summed E-state index contributed by atoms with van der Waals surface area (Å²) in [6.45, 7) is 11.6. The van der Waals surface area contributed by atoms with E-state index in [-0.39, 0.29) is 11.6 Å². The SMILES string of the molecule is CC(C)=C(C)CC(=O)OC(C)(C)C. The Morgan fingerprint density at radius 3 is 1.92 bits per heavy atom. The zero-order valence-electron chi connectivity index (χ0n) is 9.52. The topological polar surface area (TPSA) is 26.3 Å². The standard InChI is InChI=1S/C11H20O2/c1-8(2)9(3)7-10(12)13-11(4,5)6/h7H2,1-6H3. The molecular formula is C11H20O2. The fraction of sp³-hybridized carbons (Fsp3) is 0.727. The van der Waals surface area contributed by atoms with E-state index in [0.29, 0.717) is 6.42 Å². The van der Waals surface area contributed by atoms with E-state index in [4.69, 9.17) is 4.74 Å². The molecule has 0 fully saturated rings. The lowest BCUT2D eigenvalue weighted by atomic mass is 10.1. The van der Waals surface area contributed by atoms with E-state index < -0.39 is 0 Å². The molecule has 0 rings (SSSR count). The Morgan fingerprint density at radius 1 is 1.15 bits per heavy atom. The Hall–Kier alpha value is -0.790. The van der Waals surface area contributed by atoms with Gasteiger partial charge in [0, 0.05) is 0 Å². The van der Waals surface area contributed by atoms with Crippen molar-refractivity contribution in [3.63, 3.8) is 0 Å². The van der Waals surface area contributed by atoms with Crippen molar-refractivity contribution < 1.29 is 9.53 Å². The van der Waals surface area contributed by atoms with Crippen LogP contribution in [0.3, 0.4) is 0 Å². The summed E-state index contributed by atoms with van der Waals surface area (Å²) >= 11 is 0. The van der Waals surface area contributed by atoms with Crippen molar-refractivity contribution in [1.82, 2.24) is 0 Å². The molecule has 0 aromatic heterocycles. The maximum atomic E-state index is 11.3. The molecule has 0 bridgehead atoms. The number of hydrogen-bond donors (Lipinski definition) is 0. The van der Waals surface area contributed by atoms with E-state index in [1.54, 1.807) is 0 Å². The van der Waals surface area contributed by atoms with Crippen LogP contribution in [0.2, 0.25) is 0 Å². The summed E-state index contributed by atoms with van der Waals surface area (Å²) in [5.74, 6) is -0.147. The monoisotopic (exact) mass is 184 g/mol. The van der Waals surface area contributed by atoms with Gasteiger partial charge in [-0.25, -0.2) is 0 Å². The van der Waals surface area contributed by atoms with Gasteiger partial charge in [0.15, 0.2) is 0 Å². The molecule has 0 spiro atoms. The maximum absolute atomic E-state index is 11.3. The molecule has 0 aliphatic rings. The molecule has 0 heterocycles. The van der Waals surface area contributed by atoms with E-state index in [0.717, 1.165) is 5.57 Å². The molecule has 0 aromatic carbocycles. The predicted molar refractivity (Wildman–Crippen MR) is 54.5 cm³/mol. The fourth-order valence-corrected chi connectivity index (χ4v) is 0.771. The van der Waals surface area contributed by atoms with Crippen LogP contribution in [0, 0.1) is 0 Å². The molecule has 0 amide bonds. The first kappa shape index (κ1) is 12.2. The first-order valence-electron chi connectivity index (χ1n) is 4.57. The van der Waals surface area contributed by atoms with Crippen molar-refractivity contribution >= 4 is 5.97 Å². The molecule has 76 valence electrons. The van der Waals surface area contributed by atoms with Gasteiger partial charge >= 0.3 is 5.97 Å². The Kier molecular flexibility index (Phi) is 4.18. The van der Waals surface area contributed by atoms with Gasteiger partial charge in [0.05, 0.1) is 6.42 Å². The van der Waals surface area contributed by atoms with Gasteiger partial charge in [0.25, 0.3) is 0 Å². The lowest BCUT2D eigenvalue weighted by Gasteiger charge is -2.19. The minimum absolute atomic E-state index is 0.147. The molecule has 2 nitrogen and oxygen atoms in total. The molecule has 0 aliphatic carbocycles. The number of hydrogen-bond acceptors (Lipinski definition) is 2. The van der Waals surface area contributed by atoms with Crippen LogP contribution in [-0.4, -0.2) is 11.6 Å². The Balaban J connectivity index is 4.12. The number of esters is 1. The minimum Gasteiger partial charge on any atom is -0.460 e. The van der Waals surface area contributed by atoms with Gasteiger partial charge in [-0.2, -0.15) is 0 Å². The highest BCUT2D eigenvalue weighted by molar-refractivity contribution is 5.72. The van der Waals surface area contributed by atoms with Gasteiger partial charge in [-0.1, -0.05) is 11.1 Å². The van der Waals surface area contributed by atoms with Crippen LogP contribution in [0.25, 0.3) is 0 Å². The third-order valence-electron chi connectivity index (χ3n) is 1.68. The maximum Gasteiger partial charge on any atom is 0.310 e. The molecule has 0 aliphatic heterocycles. The van der Waals surface area contributed by atoms with Gasteiger partial charge in [0.2, 0.25) is 0 Å². The Bertz CT molecular complexity index is 215. The quantitative estimate of drug-likeness (QED) is 0.487. The molecule has 0 saturated carbocycles. The van der Waals surface area contributed by atoms with Crippen LogP contribution in [0.4, 0.5) is 0 Å². The summed E-state index contributed by atoms with van der Waals surface area (Å²) in [7, 11) is 0. The van der Waals surface area contributed by atoms with Crippen molar-refractivity contribution in [2.24, 2.45) is 0 Å². The second-order valence-electron chi connectivity index (χ2n) is 4.54. The van der Waals surface area contributed by atoms with Crippen LogP contribution in [0.1, 0.15) is 48.0 Å². The molecular weight excluding hydrogens is 164 g/mol. The van der Waals surface area contributed by atoms with Gasteiger partial charge in [-0.15, -0.1) is 0 Å². The van der Waals surface area contributed by atoms with Gasteiger partial charge in [-0.05, 0) is 41.5 Å². The smallest absolute Gasteiger partial charge is 0.310 e. The van der Waals surface area contributed by atoms with Gasteiger partial charge in [-0.3, -0.25) is 4.79 Å². The third kappa shape index (κ3) is 6.38. The first-order chi connectivity index (χ1) is 5.72. The van der Waals surface area contributed by atoms with E-state index >= 15 is 0 Å². The van der Waals surface area contributed by atoms with Crippen molar-refractivity contribution in [2.45, 2.75) is 53.6 Å². The van der Waals surface area contributed by atoms with Crippen molar-refractivity contribution in [3.8, 4) is 0 Å². The summed E-state index contributed by atoms with van der Waals surface area (Å²) in [6, 6.07) is 0. The summed E-state index contributed by atoms with van der Waals surface area (Å²) in [5.41, 5.74) is 1.90. The molecule has 0 radical (unpaired) electrons. The zero-order chi connectivity index (χ0) is 10.6. The third-order valence-corrected chi connectivity index (χ3v) is 1.68. The number of ether oxygens (including phenoxy) is 1. The number of carbonyl (C=O) groups is 1. The highest BCUT2D eigenvalue weighted by Crippen LogP contribution is 2.13. The van der Waals surface area contributed by atoms with Crippen molar-refractivity contribution in [3.05, 3.63) is 11.1 Å². The normalized spacial score (nSPS) is 10.9. The summed E-state index contributed by atoms with van der Waals surface area (Å²) in [5, 5.41) is 0. The van der Waals surface area contributed by atoms with Gasteiger partial charge in [0.1, 0.15) is 5.60 Å². The second kappa shape index (κ2) is 4.45.